The number of unbranched alkanes of at least 4 members (excludes halogenated alkanes) is 22. The molecular weight excluding hydrogens is 779 g/mol. The van der Waals surface area contributed by atoms with Gasteiger partial charge in [0, 0.05) is 61.8 Å². The van der Waals surface area contributed by atoms with Crippen LogP contribution in [0.4, 0.5) is 0 Å². The molecule has 1 saturated heterocycles. The summed E-state index contributed by atoms with van der Waals surface area (Å²) in [4.78, 5) is 41.3. The van der Waals surface area contributed by atoms with Gasteiger partial charge in [-0.05, 0) is 23.9 Å². The van der Waals surface area contributed by atoms with Gasteiger partial charge < -0.3 is 30.0 Å². The van der Waals surface area contributed by atoms with Gasteiger partial charge in [0.15, 0.2) is 0 Å². The Balaban J connectivity index is 0. The predicted octanol–water partition coefficient (Wildman–Crippen LogP) is 10.7. The lowest BCUT2D eigenvalue weighted by Gasteiger charge is -2.13. The second kappa shape index (κ2) is 53.2. The van der Waals surface area contributed by atoms with Crippen LogP contribution in [0, 0.1) is 0 Å². The topological polar surface area (TPSA) is 227 Å². The standard InChI is InChI=1S/C20H40N4O3.C19H35NO2.C6H14N4O2/c1-2-3-4-5-6-7-8-9-10-11-12-13-20(25)22-14-16-26-18-19-27-17-15-23-24-21;1-2-3-4-5-6-7-8-9-10-11-12-13-14-17-20-18(21)15-16-19(20)22;7-1-3-11-5-6-12-4-2-9-10-8/h2-19H2,1H3,(H,22,25);2-17H2,1H3;1-7H2. The highest BCUT2D eigenvalue weighted by atomic mass is 16.5. The van der Waals surface area contributed by atoms with E-state index in [0.29, 0.717) is 105 Å². The number of azide groups is 2. The zero-order valence-electron chi connectivity index (χ0n) is 38.8. The van der Waals surface area contributed by atoms with Crippen molar-refractivity contribution >= 4 is 17.7 Å². The Morgan fingerprint density at radius 3 is 1.31 bits per heavy atom. The quantitative estimate of drug-likeness (QED) is 0.0196. The maximum absolute atomic E-state index is 11.7. The van der Waals surface area contributed by atoms with Crippen molar-refractivity contribution in [2.24, 2.45) is 16.0 Å². The van der Waals surface area contributed by atoms with Crippen LogP contribution in [0.2, 0.25) is 0 Å². The Hall–Kier alpha value is -2.97. The predicted molar refractivity (Wildman–Crippen MR) is 246 cm³/mol. The zero-order valence-corrected chi connectivity index (χ0v) is 38.8. The smallest absolute Gasteiger partial charge is 0.229 e. The molecule has 0 radical (unpaired) electrons. The molecule has 3 amide bonds. The molecule has 1 heterocycles. The molecule has 0 aromatic rings. The van der Waals surface area contributed by atoms with Gasteiger partial charge >= 0.3 is 0 Å². The number of carbonyl (C=O) groups is 3. The van der Waals surface area contributed by atoms with Gasteiger partial charge in [0.25, 0.3) is 0 Å². The fourth-order valence-electron chi connectivity index (χ4n) is 6.49. The lowest BCUT2D eigenvalue weighted by Crippen LogP contribution is -2.29. The molecule has 0 unspecified atom stereocenters. The van der Waals surface area contributed by atoms with Crippen LogP contribution in [-0.4, -0.2) is 108 Å². The van der Waals surface area contributed by atoms with Gasteiger partial charge in [0.2, 0.25) is 17.7 Å². The third-order valence-electron chi connectivity index (χ3n) is 10.0. The summed E-state index contributed by atoms with van der Waals surface area (Å²) in [5.41, 5.74) is 21.2. The Morgan fingerprint density at radius 2 is 0.918 bits per heavy atom. The number of rotatable bonds is 43. The van der Waals surface area contributed by atoms with Crippen LogP contribution in [0.25, 0.3) is 20.9 Å². The first-order chi connectivity index (χ1) is 30.0. The highest BCUT2D eigenvalue weighted by molar-refractivity contribution is 6.01. The summed E-state index contributed by atoms with van der Waals surface area (Å²) >= 11 is 0. The van der Waals surface area contributed by atoms with Gasteiger partial charge in [-0.15, -0.1) is 0 Å². The van der Waals surface area contributed by atoms with Gasteiger partial charge in [-0.2, -0.15) is 0 Å². The number of amides is 3. The van der Waals surface area contributed by atoms with E-state index in [1.807, 2.05) is 0 Å². The largest absolute Gasteiger partial charge is 0.379 e. The first kappa shape index (κ1) is 60.1. The minimum atomic E-state index is 0.0314. The van der Waals surface area contributed by atoms with E-state index >= 15 is 0 Å². The van der Waals surface area contributed by atoms with Crippen molar-refractivity contribution in [1.29, 1.82) is 0 Å². The Bertz CT molecular complexity index is 1060. The van der Waals surface area contributed by atoms with E-state index in [-0.39, 0.29) is 17.7 Å². The average Bonchev–Trinajstić information content (AvgIpc) is 3.59. The van der Waals surface area contributed by atoms with E-state index in [0.717, 1.165) is 25.7 Å². The van der Waals surface area contributed by atoms with Gasteiger partial charge in [-0.3, -0.25) is 19.3 Å². The Morgan fingerprint density at radius 1 is 0.557 bits per heavy atom. The molecule has 3 N–H and O–H groups in total. The van der Waals surface area contributed by atoms with Crippen LogP contribution in [-0.2, 0) is 33.3 Å². The van der Waals surface area contributed by atoms with Crippen molar-refractivity contribution in [3.63, 3.8) is 0 Å². The van der Waals surface area contributed by atoms with Crippen molar-refractivity contribution in [2.45, 2.75) is 187 Å². The first-order valence-corrected chi connectivity index (χ1v) is 24.1. The van der Waals surface area contributed by atoms with Crippen molar-refractivity contribution < 1.29 is 33.3 Å². The molecule has 0 spiro atoms. The number of likely N-dealkylation sites (tertiary alicyclic amines) is 1. The molecule has 1 rings (SSSR count). The molecule has 0 aromatic heterocycles. The van der Waals surface area contributed by atoms with Crippen LogP contribution in [0.15, 0.2) is 10.2 Å². The summed E-state index contributed by atoms with van der Waals surface area (Å²) in [6.45, 7) is 10.8. The van der Waals surface area contributed by atoms with Crippen LogP contribution in [0.1, 0.15) is 187 Å². The number of nitrogens with two attached hydrogens (primary N) is 1. The molecule has 1 fully saturated rings. The van der Waals surface area contributed by atoms with Crippen molar-refractivity contribution in [1.82, 2.24) is 10.2 Å². The number of carbonyl (C=O) groups excluding carboxylic acids is 3. The summed E-state index contributed by atoms with van der Waals surface area (Å²) in [7, 11) is 0. The molecule has 356 valence electrons. The van der Waals surface area contributed by atoms with Gasteiger partial charge in [0.05, 0.1) is 52.9 Å². The maximum atomic E-state index is 11.7. The van der Waals surface area contributed by atoms with Crippen molar-refractivity contribution in [3.05, 3.63) is 20.9 Å². The molecule has 61 heavy (non-hydrogen) atoms. The minimum absolute atomic E-state index is 0.0314. The number of imide groups is 1. The van der Waals surface area contributed by atoms with E-state index in [1.165, 1.54) is 133 Å². The molecule has 0 atom stereocenters. The molecular formula is C45H89N9O7. The number of hydrogen-bond acceptors (Lipinski definition) is 10. The van der Waals surface area contributed by atoms with Gasteiger partial charge in [-0.25, -0.2) is 0 Å². The van der Waals surface area contributed by atoms with E-state index in [9.17, 15) is 14.4 Å². The lowest BCUT2D eigenvalue weighted by molar-refractivity contribution is -0.138. The first-order valence-electron chi connectivity index (χ1n) is 24.1. The maximum Gasteiger partial charge on any atom is 0.229 e. The van der Waals surface area contributed by atoms with E-state index in [4.69, 9.17) is 35.7 Å². The third kappa shape index (κ3) is 49.6. The van der Waals surface area contributed by atoms with Crippen LogP contribution in [0.3, 0.4) is 0 Å². The molecule has 0 saturated carbocycles. The summed E-state index contributed by atoms with van der Waals surface area (Å²) in [5, 5.41) is 9.54. The highest BCUT2D eigenvalue weighted by Crippen LogP contribution is 2.16. The van der Waals surface area contributed by atoms with Crippen LogP contribution >= 0.6 is 0 Å². The van der Waals surface area contributed by atoms with Crippen molar-refractivity contribution in [3.8, 4) is 0 Å². The average molecular weight is 868 g/mol. The molecule has 0 bridgehead atoms. The summed E-state index contributed by atoms with van der Waals surface area (Å²) in [5.74, 6) is 0.174. The van der Waals surface area contributed by atoms with Gasteiger partial charge in [-0.1, -0.05) is 165 Å². The zero-order chi connectivity index (χ0) is 45.0. The molecule has 1 aliphatic rings. The SMILES string of the molecule is CCCCCCCCCCCCCC(=O)NCCOCCOCCN=[N+]=[N-].CCCCCCCCCCCCCCCN1C(=O)CCC1=O.[N-]=[N+]=NCCOCCOCCN. The third-order valence-corrected chi connectivity index (χ3v) is 10.0. The highest BCUT2D eigenvalue weighted by Gasteiger charge is 2.27. The molecule has 1 aliphatic heterocycles. The Kier molecular flexibility index (Phi) is 52.4. The number of nitrogens with one attached hydrogen (secondary N) is 1. The normalized spacial score (nSPS) is 12.0. The monoisotopic (exact) mass is 868 g/mol. The lowest BCUT2D eigenvalue weighted by atomic mass is 10.0. The number of nitrogens with zero attached hydrogens (tertiary/aromatic N) is 7. The van der Waals surface area contributed by atoms with E-state index < -0.39 is 0 Å². The van der Waals surface area contributed by atoms with E-state index in [2.05, 4.69) is 39.2 Å². The number of ether oxygens (including phenoxy) is 4. The minimum Gasteiger partial charge on any atom is -0.379 e. The second-order valence-electron chi connectivity index (χ2n) is 15.5. The summed E-state index contributed by atoms with van der Waals surface area (Å²) < 4.78 is 20.7. The van der Waals surface area contributed by atoms with Crippen molar-refractivity contribution in [2.75, 3.05) is 85.6 Å². The van der Waals surface area contributed by atoms with Crippen LogP contribution in [0.5, 0.6) is 0 Å². The molecule has 16 nitrogen and oxygen atoms in total. The summed E-state index contributed by atoms with van der Waals surface area (Å²) in [6.07, 6.45) is 32.9. The van der Waals surface area contributed by atoms with Gasteiger partial charge in [0.1, 0.15) is 0 Å². The second-order valence-corrected chi connectivity index (χ2v) is 15.5. The molecule has 16 heteroatoms. The fourth-order valence-corrected chi connectivity index (χ4v) is 6.49. The number of hydrogen-bond donors (Lipinski definition) is 2. The van der Waals surface area contributed by atoms with E-state index in [1.54, 1.807) is 0 Å². The molecule has 0 aromatic carbocycles. The Labute approximate surface area is 370 Å². The summed E-state index contributed by atoms with van der Waals surface area (Å²) in [6, 6.07) is 0. The van der Waals surface area contributed by atoms with Crippen LogP contribution < -0.4 is 11.1 Å². The fraction of sp³-hybridized carbons (Fsp3) is 0.933. The molecule has 0 aliphatic carbocycles.